The van der Waals surface area contributed by atoms with Crippen LogP contribution in [0.15, 0.2) is 31.1 Å². The molecule has 0 aromatic carbocycles. The molecule has 4 rings (SSSR count). The number of nitrogens with zero attached hydrogens (tertiary/aromatic N) is 8. The van der Waals surface area contributed by atoms with Crippen molar-refractivity contribution < 1.29 is 4.74 Å². The van der Waals surface area contributed by atoms with Crippen LogP contribution in [0.1, 0.15) is 30.4 Å². The lowest BCUT2D eigenvalue weighted by molar-refractivity contribution is 0.390. The Morgan fingerprint density at radius 1 is 1.19 bits per heavy atom. The van der Waals surface area contributed by atoms with Crippen LogP contribution in [0.2, 0.25) is 0 Å². The van der Waals surface area contributed by atoms with Crippen molar-refractivity contribution in [2.45, 2.75) is 25.3 Å². The summed E-state index contributed by atoms with van der Waals surface area (Å²) >= 11 is 0. The standard InChI is InChI=1S/C17H22N8O/c1-23-14(11-24-9-7-18-12-24)21-22-15(23)13-4-3-8-25(10-13)16-17(26-2)20-6-5-19-16/h5-7,9,12-13H,3-4,8,10-11H2,1-2H3/t13-/m1/s1. The Balaban J connectivity index is 1.54. The average molecular weight is 354 g/mol. The SMILES string of the molecule is COc1nccnc1N1CCC[C@@H](c2nnc(Cn3ccnc3)n2C)C1. The second-order valence-electron chi connectivity index (χ2n) is 6.44. The second kappa shape index (κ2) is 7.11. The van der Waals surface area contributed by atoms with Crippen LogP contribution in [0.3, 0.4) is 0 Å². The minimum atomic E-state index is 0.296. The van der Waals surface area contributed by atoms with Gasteiger partial charge in [0.1, 0.15) is 5.82 Å². The van der Waals surface area contributed by atoms with Crippen molar-refractivity contribution in [3.63, 3.8) is 0 Å². The van der Waals surface area contributed by atoms with Gasteiger partial charge in [-0.3, -0.25) is 0 Å². The van der Waals surface area contributed by atoms with E-state index in [1.807, 2.05) is 17.8 Å². The molecule has 1 aliphatic rings. The molecule has 0 aliphatic carbocycles. The quantitative estimate of drug-likeness (QED) is 0.681. The van der Waals surface area contributed by atoms with Crippen LogP contribution in [-0.2, 0) is 13.6 Å². The van der Waals surface area contributed by atoms with Gasteiger partial charge in [0.15, 0.2) is 11.6 Å². The summed E-state index contributed by atoms with van der Waals surface area (Å²) in [6.45, 7) is 2.43. The maximum Gasteiger partial charge on any atom is 0.257 e. The first-order valence-electron chi connectivity index (χ1n) is 8.70. The van der Waals surface area contributed by atoms with E-state index < -0.39 is 0 Å². The lowest BCUT2D eigenvalue weighted by Crippen LogP contribution is -2.36. The number of rotatable bonds is 5. The van der Waals surface area contributed by atoms with Gasteiger partial charge < -0.3 is 18.8 Å². The van der Waals surface area contributed by atoms with Crippen LogP contribution in [0.5, 0.6) is 5.88 Å². The molecule has 9 nitrogen and oxygen atoms in total. The van der Waals surface area contributed by atoms with E-state index in [9.17, 15) is 0 Å². The normalized spacial score (nSPS) is 17.5. The molecule has 0 unspecified atom stereocenters. The molecule has 3 aromatic heterocycles. The number of hydrogen-bond donors (Lipinski definition) is 0. The van der Waals surface area contributed by atoms with Crippen LogP contribution in [-0.4, -0.2) is 54.5 Å². The number of anilines is 1. The van der Waals surface area contributed by atoms with Crippen LogP contribution in [0, 0.1) is 0 Å². The predicted molar refractivity (Wildman–Crippen MR) is 95.1 cm³/mol. The molecule has 1 atom stereocenters. The van der Waals surface area contributed by atoms with E-state index in [1.165, 1.54) is 0 Å². The lowest BCUT2D eigenvalue weighted by Gasteiger charge is -2.33. The molecule has 0 saturated carbocycles. The summed E-state index contributed by atoms with van der Waals surface area (Å²) in [5, 5.41) is 8.87. The summed E-state index contributed by atoms with van der Waals surface area (Å²) in [6, 6.07) is 0. The minimum absolute atomic E-state index is 0.296. The Bertz CT molecular complexity index is 860. The number of hydrogen-bond acceptors (Lipinski definition) is 7. The molecule has 0 amide bonds. The highest BCUT2D eigenvalue weighted by Gasteiger charge is 2.28. The van der Waals surface area contributed by atoms with E-state index >= 15 is 0 Å². The summed E-state index contributed by atoms with van der Waals surface area (Å²) in [4.78, 5) is 15.0. The molecular weight excluding hydrogens is 332 g/mol. The largest absolute Gasteiger partial charge is 0.478 e. The van der Waals surface area contributed by atoms with E-state index in [-0.39, 0.29) is 0 Å². The van der Waals surface area contributed by atoms with E-state index in [2.05, 4.69) is 34.6 Å². The van der Waals surface area contributed by atoms with Gasteiger partial charge in [-0.25, -0.2) is 15.0 Å². The lowest BCUT2D eigenvalue weighted by atomic mass is 9.97. The first-order valence-corrected chi connectivity index (χ1v) is 8.70. The van der Waals surface area contributed by atoms with Crippen LogP contribution < -0.4 is 9.64 Å². The Morgan fingerprint density at radius 2 is 2.08 bits per heavy atom. The Hall–Kier alpha value is -2.97. The fourth-order valence-corrected chi connectivity index (χ4v) is 3.47. The monoisotopic (exact) mass is 354 g/mol. The van der Waals surface area contributed by atoms with Gasteiger partial charge in [-0.2, -0.15) is 0 Å². The molecule has 1 aliphatic heterocycles. The smallest absolute Gasteiger partial charge is 0.257 e. The number of imidazole rings is 1. The summed E-state index contributed by atoms with van der Waals surface area (Å²) < 4.78 is 9.46. The summed E-state index contributed by atoms with van der Waals surface area (Å²) in [5.41, 5.74) is 0. The van der Waals surface area contributed by atoms with Gasteiger partial charge in [-0.05, 0) is 12.8 Å². The topological polar surface area (TPSA) is 86.8 Å². The third kappa shape index (κ3) is 3.12. The van der Waals surface area contributed by atoms with E-state index in [0.29, 0.717) is 18.3 Å². The second-order valence-corrected chi connectivity index (χ2v) is 6.44. The molecule has 0 spiro atoms. The molecule has 26 heavy (non-hydrogen) atoms. The average Bonchev–Trinajstić information content (AvgIpc) is 3.32. The zero-order chi connectivity index (χ0) is 17.9. The Labute approximate surface area is 151 Å². The van der Waals surface area contributed by atoms with Gasteiger partial charge >= 0.3 is 0 Å². The van der Waals surface area contributed by atoms with Gasteiger partial charge in [-0.1, -0.05) is 0 Å². The molecule has 0 bridgehead atoms. The molecule has 3 aromatic rings. The highest BCUT2D eigenvalue weighted by molar-refractivity contribution is 5.48. The van der Waals surface area contributed by atoms with Gasteiger partial charge in [0, 0.05) is 50.8 Å². The fraction of sp³-hybridized carbons (Fsp3) is 0.471. The van der Waals surface area contributed by atoms with Gasteiger partial charge in [0.25, 0.3) is 5.88 Å². The molecule has 4 heterocycles. The first kappa shape index (κ1) is 16.5. The number of methoxy groups -OCH3 is 1. The maximum atomic E-state index is 5.37. The Morgan fingerprint density at radius 3 is 2.88 bits per heavy atom. The summed E-state index contributed by atoms with van der Waals surface area (Å²) in [5.74, 6) is 3.58. The van der Waals surface area contributed by atoms with Crippen LogP contribution >= 0.6 is 0 Å². The third-order valence-corrected chi connectivity index (χ3v) is 4.81. The van der Waals surface area contributed by atoms with Gasteiger partial charge in [-0.15, -0.1) is 10.2 Å². The van der Waals surface area contributed by atoms with Crippen molar-refractivity contribution in [1.82, 2.24) is 34.3 Å². The number of ether oxygens (including phenoxy) is 1. The molecule has 9 heteroatoms. The van der Waals surface area contributed by atoms with Gasteiger partial charge in [0.2, 0.25) is 0 Å². The molecular formula is C17H22N8O. The predicted octanol–water partition coefficient (Wildman–Crippen LogP) is 1.24. The van der Waals surface area contributed by atoms with E-state index in [1.54, 1.807) is 32.0 Å². The first-order chi connectivity index (χ1) is 12.8. The van der Waals surface area contributed by atoms with Crippen molar-refractivity contribution in [3.05, 3.63) is 42.8 Å². The molecule has 0 radical (unpaired) electrons. The molecule has 1 saturated heterocycles. The van der Waals surface area contributed by atoms with Crippen molar-refractivity contribution in [2.75, 3.05) is 25.1 Å². The van der Waals surface area contributed by atoms with Gasteiger partial charge in [0.05, 0.1) is 20.0 Å². The minimum Gasteiger partial charge on any atom is -0.478 e. The van der Waals surface area contributed by atoms with Crippen molar-refractivity contribution in [3.8, 4) is 5.88 Å². The number of aromatic nitrogens is 7. The number of piperidine rings is 1. The van der Waals surface area contributed by atoms with E-state index in [0.717, 1.165) is 43.4 Å². The third-order valence-electron chi connectivity index (χ3n) is 4.81. The summed E-state index contributed by atoms with van der Waals surface area (Å²) in [6.07, 6.45) is 11.0. The molecule has 1 fully saturated rings. The van der Waals surface area contributed by atoms with Crippen molar-refractivity contribution >= 4 is 5.82 Å². The zero-order valence-electron chi connectivity index (χ0n) is 15.0. The molecule has 136 valence electrons. The van der Waals surface area contributed by atoms with Crippen LogP contribution in [0.25, 0.3) is 0 Å². The zero-order valence-corrected chi connectivity index (χ0v) is 15.0. The Kier molecular flexibility index (Phi) is 4.51. The highest BCUT2D eigenvalue weighted by atomic mass is 16.5. The highest BCUT2D eigenvalue weighted by Crippen LogP contribution is 2.31. The van der Waals surface area contributed by atoms with E-state index in [4.69, 9.17) is 4.74 Å². The van der Waals surface area contributed by atoms with Crippen molar-refractivity contribution in [1.29, 1.82) is 0 Å². The fourth-order valence-electron chi connectivity index (χ4n) is 3.47. The maximum absolute atomic E-state index is 5.37. The summed E-state index contributed by atoms with van der Waals surface area (Å²) in [7, 11) is 3.66. The van der Waals surface area contributed by atoms with Crippen molar-refractivity contribution in [2.24, 2.45) is 7.05 Å². The molecule has 0 N–H and O–H groups in total. The van der Waals surface area contributed by atoms with Crippen LogP contribution in [0.4, 0.5) is 5.82 Å².